The molecule has 0 aliphatic rings. The van der Waals surface area contributed by atoms with Gasteiger partial charge in [-0.3, -0.25) is 0 Å². The van der Waals surface area contributed by atoms with Gasteiger partial charge < -0.3 is 28.1 Å². The summed E-state index contributed by atoms with van der Waals surface area (Å²) in [4.78, 5) is 77.3. The Hall–Kier alpha value is -16.0. The van der Waals surface area contributed by atoms with Gasteiger partial charge in [0.15, 0.2) is 23.2 Å². The maximum atomic E-state index is 14.2. The third-order valence-electron chi connectivity index (χ3n) is 20.0. The molecule has 0 saturated heterocycles. The van der Waals surface area contributed by atoms with Crippen molar-refractivity contribution in [3.8, 4) is 91.1 Å². The van der Waals surface area contributed by atoms with E-state index in [2.05, 4.69) is 26.1 Å². The van der Waals surface area contributed by atoms with E-state index in [0.717, 1.165) is 33.4 Å². The van der Waals surface area contributed by atoms with Crippen LogP contribution in [0.1, 0.15) is 74.8 Å². The summed E-state index contributed by atoms with van der Waals surface area (Å²) in [5.74, 6) is -1.51. The quantitative estimate of drug-likeness (QED) is 0.0396. The lowest BCUT2D eigenvalue weighted by molar-refractivity contribution is 0.0464. The minimum atomic E-state index is -0.545. The molecule has 0 bridgehead atoms. The van der Waals surface area contributed by atoms with Crippen LogP contribution in [-0.4, -0.2) is 48.0 Å². The van der Waals surface area contributed by atoms with E-state index in [0.29, 0.717) is 111 Å². The summed E-state index contributed by atoms with van der Waals surface area (Å²) in [6.07, 6.45) is 0. The zero-order valence-corrected chi connectivity index (χ0v) is 60.8. The fourth-order valence-electron chi connectivity index (χ4n) is 14.4. The van der Waals surface area contributed by atoms with Crippen molar-refractivity contribution >= 4 is 73.2 Å². The van der Waals surface area contributed by atoms with Gasteiger partial charge in [-0.05, 0) is 183 Å². The molecule has 16 nitrogen and oxygen atoms in total. The molecule has 14 aromatic carbocycles. The van der Waals surface area contributed by atoms with Crippen LogP contribution in [0, 0.1) is 29.2 Å². The van der Waals surface area contributed by atoms with Crippen LogP contribution < -0.4 is 0 Å². The average Bonchev–Trinajstić information content (AvgIpc) is 1.66. The number of esters is 4. The van der Waals surface area contributed by atoms with Crippen molar-refractivity contribution in [2.24, 2.45) is 0 Å². The number of ether oxygens (including phenoxy) is 4. The number of carbonyl (C=O) groups is 4. The highest BCUT2D eigenvalue weighted by atomic mass is 16.5. The minimum absolute atomic E-state index is 0.0456. The number of rotatable bonds is 20. The standard InChI is InChI=1S/C98H62N8O8/c1-101-75-29-17-28-70(49-75)80-43-41-77(106-90-46-38-73(97(109)113-60-65-22-10-4-11-23-65)52-84(90)85-53-74(39-47-91(85)106)98(110)114-61-66-24-12-5-13-25-66)55-87(80)94-103-92(81-31-15-14-30-78(81)68-34-32-62(56-99)33-35-68)102-93(104-94)86-54-76(40-42-79(86)69-27-16-26-67(48-69)57-100)105-88-44-36-71(95(107)111-58-63-18-6-2-7-19-63)50-82(88)83-51-72(37-45-89(83)105)96(108)112-59-64-20-8-3-9-21-64/h2-55H,58-61H2. The van der Waals surface area contributed by atoms with Gasteiger partial charge >= 0.3 is 23.9 Å². The number of fused-ring (bicyclic) bond motifs is 6. The highest BCUT2D eigenvalue weighted by Crippen LogP contribution is 2.44. The van der Waals surface area contributed by atoms with Crippen LogP contribution in [0.5, 0.6) is 0 Å². The summed E-state index contributed by atoms with van der Waals surface area (Å²) in [7, 11) is 0. The van der Waals surface area contributed by atoms with Gasteiger partial charge in [-0.15, -0.1) is 0 Å². The predicted octanol–water partition coefficient (Wildman–Crippen LogP) is 21.8. The Morgan fingerprint density at radius 2 is 0.649 bits per heavy atom. The van der Waals surface area contributed by atoms with Crippen LogP contribution >= 0.6 is 0 Å². The third kappa shape index (κ3) is 14.4. The zero-order valence-electron chi connectivity index (χ0n) is 60.8. The van der Waals surface area contributed by atoms with Crippen molar-refractivity contribution < 1.29 is 38.1 Å². The van der Waals surface area contributed by atoms with Gasteiger partial charge in [0.25, 0.3) is 0 Å². The van der Waals surface area contributed by atoms with Gasteiger partial charge in [-0.25, -0.2) is 39.0 Å². The number of carbonyl (C=O) groups excluding carboxylic acids is 4. The molecule has 542 valence electrons. The van der Waals surface area contributed by atoms with Crippen LogP contribution in [0.3, 0.4) is 0 Å². The normalized spacial score (nSPS) is 11.1. The Bertz CT molecular complexity index is 6220. The first kappa shape index (κ1) is 71.0. The van der Waals surface area contributed by atoms with Gasteiger partial charge in [0.05, 0.1) is 74.2 Å². The van der Waals surface area contributed by atoms with E-state index < -0.39 is 23.9 Å². The van der Waals surface area contributed by atoms with E-state index in [1.807, 2.05) is 255 Å². The molecule has 114 heavy (non-hydrogen) atoms. The summed E-state index contributed by atoms with van der Waals surface area (Å²) in [6, 6.07) is 105. The van der Waals surface area contributed by atoms with Crippen LogP contribution in [0.2, 0.25) is 0 Å². The molecule has 3 heterocycles. The molecular weight excluding hydrogens is 1420 g/mol. The van der Waals surface area contributed by atoms with E-state index in [4.69, 9.17) is 40.5 Å². The molecule has 16 heteroatoms. The van der Waals surface area contributed by atoms with Crippen molar-refractivity contribution in [2.75, 3.05) is 0 Å². The molecule has 0 N–H and O–H groups in total. The van der Waals surface area contributed by atoms with Gasteiger partial charge in [0.1, 0.15) is 26.4 Å². The summed E-state index contributed by atoms with van der Waals surface area (Å²) in [5, 5.41) is 23.1. The summed E-state index contributed by atoms with van der Waals surface area (Å²) >= 11 is 0. The highest BCUT2D eigenvalue weighted by Gasteiger charge is 2.27. The van der Waals surface area contributed by atoms with Crippen molar-refractivity contribution in [3.63, 3.8) is 0 Å². The number of aromatic nitrogens is 5. The fraction of sp³-hybridized carbons (Fsp3) is 0.0408. The number of nitriles is 2. The molecule has 17 rings (SSSR count). The molecule has 0 aliphatic heterocycles. The van der Waals surface area contributed by atoms with E-state index in [1.54, 1.807) is 72.8 Å². The van der Waals surface area contributed by atoms with Crippen molar-refractivity contribution in [3.05, 3.63) is 395 Å². The second-order valence-corrected chi connectivity index (χ2v) is 27.2. The predicted molar refractivity (Wildman–Crippen MR) is 439 cm³/mol. The third-order valence-corrected chi connectivity index (χ3v) is 20.0. The van der Waals surface area contributed by atoms with Gasteiger partial charge in [-0.2, -0.15) is 10.5 Å². The molecule has 17 aromatic rings. The summed E-state index contributed by atoms with van der Waals surface area (Å²) in [6.45, 7) is 8.43. The average molecular weight is 1480 g/mol. The van der Waals surface area contributed by atoms with Crippen molar-refractivity contribution in [2.45, 2.75) is 26.4 Å². The van der Waals surface area contributed by atoms with Crippen LogP contribution in [0.15, 0.2) is 328 Å². The fourth-order valence-corrected chi connectivity index (χ4v) is 14.4. The Morgan fingerprint density at radius 1 is 0.307 bits per heavy atom. The smallest absolute Gasteiger partial charge is 0.338 e. The maximum Gasteiger partial charge on any atom is 0.338 e. The first-order chi connectivity index (χ1) is 56.0. The van der Waals surface area contributed by atoms with E-state index in [-0.39, 0.29) is 66.2 Å². The lowest BCUT2D eigenvalue weighted by Gasteiger charge is -2.18. The monoisotopic (exact) mass is 1480 g/mol. The molecule has 0 fully saturated rings. The zero-order chi connectivity index (χ0) is 77.6. The lowest BCUT2D eigenvalue weighted by atomic mass is 9.95. The minimum Gasteiger partial charge on any atom is -0.457 e. The Morgan fingerprint density at radius 3 is 1.03 bits per heavy atom. The first-order valence-corrected chi connectivity index (χ1v) is 36.6. The molecule has 0 spiro atoms. The van der Waals surface area contributed by atoms with Crippen LogP contribution in [-0.2, 0) is 45.4 Å². The molecule has 0 amide bonds. The van der Waals surface area contributed by atoms with E-state index in [9.17, 15) is 29.7 Å². The topological polar surface area (TPSA) is 206 Å². The first-order valence-electron chi connectivity index (χ1n) is 36.6. The maximum absolute atomic E-state index is 14.2. The van der Waals surface area contributed by atoms with E-state index >= 15 is 0 Å². The Kier molecular flexibility index (Phi) is 19.5. The SMILES string of the molecule is [C-]#[N+]c1cccc(-c2ccc(-n3c4ccc(C(=O)OCc5ccccc5)cc4c4cc(C(=O)OCc5ccccc5)ccc43)cc2-c2nc(-c3ccccc3-c3ccc(C#N)cc3)nc(-c3cc(-n4c5ccc(C(=O)OCc6ccccc6)cc5c5cc(C(=O)OCc6ccccc6)ccc54)ccc3-c3cccc(C#N)c3)n2)c1. The Balaban J connectivity index is 0.888. The lowest BCUT2D eigenvalue weighted by Crippen LogP contribution is -2.06. The number of hydrogen-bond donors (Lipinski definition) is 0. The van der Waals surface area contributed by atoms with Gasteiger partial charge in [0, 0.05) is 49.6 Å². The number of hydrogen-bond acceptors (Lipinski definition) is 13. The molecule has 0 aliphatic carbocycles. The highest BCUT2D eigenvalue weighted by molar-refractivity contribution is 6.15. The largest absolute Gasteiger partial charge is 0.457 e. The summed E-state index contributed by atoms with van der Waals surface area (Å²) < 4.78 is 27.8. The second-order valence-electron chi connectivity index (χ2n) is 27.2. The van der Waals surface area contributed by atoms with Gasteiger partial charge in [0.2, 0.25) is 0 Å². The number of benzene rings is 14. The van der Waals surface area contributed by atoms with Gasteiger partial charge in [-0.1, -0.05) is 200 Å². The van der Waals surface area contributed by atoms with Crippen molar-refractivity contribution in [1.29, 1.82) is 10.5 Å². The Labute approximate surface area is 654 Å². The molecule has 0 saturated carbocycles. The number of nitrogens with zero attached hydrogens (tertiary/aromatic N) is 8. The molecule has 0 atom stereocenters. The van der Waals surface area contributed by atoms with Crippen LogP contribution in [0.25, 0.3) is 127 Å². The van der Waals surface area contributed by atoms with Crippen LogP contribution in [0.4, 0.5) is 5.69 Å². The van der Waals surface area contributed by atoms with Crippen molar-refractivity contribution in [1.82, 2.24) is 24.1 Å². The summed E-state index contributed by atoms with van der Waals surface area (Å²) in [5.41, 5.74) is 15.4. The molecule has 3 aromatic heterocycles. The molecule has 0 unspecified atom stereocenters. The van der Waals surface area contributed by atoms with E-state index in [1.165, 1.54) is 0 Å². The second kappa shape index (κ2) is 31.3. The molecular formula is C98H62N8O8. The molecule has 0 radical (unpaired) electrons.